The molecule has 10 aromatic heterocycles. The second kappa shape index (κ2) is 42.0. The first-order chi connectivity index (χ1) is 71.1. The SMILES string of the molecule is CN(C)c1cc(-c2nc3nc[nH]c3c(=O)[nH]2)ccc1-c1ccc(C(=O)O)cc1.Nc1cc(-c2nc3nc[nH]c3c(=O)[nH]2)ccc1-c1ccc(C(=O)O)cc1.O=C(O)c1ccc(-c2ccc(-c3nc4nc[nH]c4c(=O)[nH]3)cc2NC2CCCCC2)cc1.O=C(O)c1ccc(-c2ccc(-c3nc4nc[nH]c4c(=O)[nH]3)cc2NCc2ccccc2)cc1.O=C(O)c1ccc(-c2ccc(-c3nc4nc[nH]c4c(=O)[nH]3)cc2[N+](=O)[O-])cc1. The molecule has 147 heavy (non-hydrogen) atoms. The van der Waals surface area contributed by atoms with Crippen molar-refractivity contribution in [2.75, 3.05) is 35.4 Å². The summed E-state index contributed by atoms with van der Waals surface area (Å²) in [6.45, 7) is 0.590. The maximum atomic E-state index is 12.4. The quantitative estimate of drug-likeness (QED) is 0.0170. The average molecular weight is 1970 g/mol. The summed E-state index contributed by atoms with van der Waals surface area (Å²) in [5.74, 6) is -3.12. The first-order valence-corrected chi connectivity index (χ1v) is 45.3. The van der Waals surface area contributed by atoms with E-state index >= 15 is 0 Å². The molecular formula is C105H83N25O17. The summed E-state index contributed by atoms with van der Waals surface area (Å²) in [6.07, 6.45) is 13.0. The number of nitrogen functional groups attached to an aromatic ring is 1. The summed E-state index contributed by atoms with van der Waals surface area (Å²) in [5.41, 5.74) is 23.9. The second-order valence-corrected chi connectivity index (χ2v) is 33.7. The van der Waals surface area contributed by atoms with E-state index in [-0.39, 0.29) is 72.7 Å². The van der Waals surface area contributed by atoms with Crippen LogP contribution in [0.25, 0.3) is 168 Å². The molecule has 11 aromatic carbocycles. The van der Waals surface area contributed by atoms with E-state index in [0.717, 1.165) is 96.7 Å². The number of aromatic amines is 10. The molecule has 19 N–H and O–H groups in total. The van der Waals surface area contributed by atoms with Crippen LogP contribution in [0.5, 0.6) is 0 Å². The number of hydrogen-bond acceptors (Lipinski definition) is 26. The highest BCUT2D eigenvalue weighted by atomic mass is 16.6. The standard InChI is InChI=1S/C25H19N5O3.C24H23N5O3.C20H17N5O3.C18H11N5O5.C18H13N5O3/c31-24-21-23(28-14-27-21)29-22(30-24)18-10-11-19(16-6-8-17(9-7-16)25(32)33)20(12-18)26-13-15-4-2-1-3-5-15;30-23-20-22(26-13-25-20)28-21(29-23)16-10-11-18(14-6-8-15(9-7-14)24(31)32)19(12-16)27-17-4-2-1-3-5-17;1-25(2)15-9-13(17-23-18-16(19(26)24-17)21-10-22-18)7-8-14(15)11-3-5-12(6-4-11)20(27)28;24-17-14-16(20-8-19-14)21-15(22-17)11-5-6-12(13(7-11)23(27)28)9-1-3-10(4-2-9)18(25)26;19-13-7-11(15-22-16-14(17(24)23-15)20-8-21-16)5-6-12(13)9-1-3-10(4-2-9)18(25)26/h1-12,14,26H,13H2,(H,32,33)(H2,27,28,29,30,31);6-13,17,27H,1-5H2,(H,31,32)(H2,25,26,28,29,30);3-10H,1-2H3,(H,27,28)(H2,21,22,23,24,26);1-8H,(H,25,26)(H2,19,20,21,22,24);1-8H,19H2,(H,25,26)(H2,20,21,22,23,24). The minimum absolute atomic E-state index is 0.0807. The topological polar surface area (TPSA) is 655 Å². The van der Waals surface area contributed by atoms with Crippen LogP contribution in [0.2, 0.25) is 0 Å². The molecule has 1 fully saturated rings. The van der Waals surface area contributed by atoms with Gasteiger partial charge in [-0.15, -0.1) is 0 Å². The van der Waals surface area contributed by atoms with Gasteiger partial charge in [0.05, 0.1) is 69.9 Å². The molecule has 1 aliphatic rings. The summed E-state index contributed by atoms with van der Waals surface area (Å²) in [5, 5.41) is 64.2. The van der Waals surface area contributed by atoms with Crippen molar-refractivity contribution in [1.82, 2.24) is 99.7 Å². The van der Waals surface area contributed by atoms with Gasteiger partial charge in [-0.05, 0) is 137 Å². The van der Waals surface area contributed by atoms with E-state index in [2.05, 4.69) is 110 Å². The predicted octanol–water partition coefficient (Wildman–Crippen LogP) is 16.3. The van der Waals surface area contributed by atoms with E-state index in [1.165, 1.54) is 99.4 Å². The number of rotatable bonds is 22. The Morgan fingerprint density at radius 1 is 0.354 bits per heavy atom. The minimum atomic E-state index is -1.08. The number of aromatic nitrogens is 20. The fraction of sp³-hybridized carbons (Fsp3) is 0.0857. The minimum Gasteiger partial charge on any atom is -0.478 e. The number of nitrogens with zero attached hydrogens (tertiary/aromatic N) is 12. The monoisotopic (exact) mass is 1970 g/mol. The van der Waals surface area contributed by atoms with Crippen molar-refractivity contribution in [2.45, 2.75) is 44.7 Å². The fourth-order valence-corrected chi connectivity index (χ4v) is 16.6. The molecule has 0 atom stereocenters. The predicted molar refractivity (Wildman–Crippen MR) is 551 cm³/mol. The summed E-state index contributed by atoms with van der Waals surface area (Å²) in [4.78, 5) is 199. The largest absolute Gasteiger partial charge is 0.478 e. The lowest BCUT2D eigenvalue weighted by molar-refractivity contribution is -0.384. The zero-order valence-electron chi connectivity index (χ0n) is 77.4. The molecule has 0 saturated heterocycles. The molecule has 730 valence electrons. The zero-order valence-corrected chi connectivity index (χ0v) is 77.4. The molecule has 0 unspecified atom stereocenters. The Labute approximate surface area is 826 Å². The van der Waals surface area contributed by atoms with E-state index in [4.69, 9.17) is 21.1 Å². The van der Waals surface area contributed by atoms with Gasteiger partial charge in [-0.25, -0.2) is 73.8 Å². The third kappa shape index (κ3) is 21.5. The van der Waals surface area contributed by atoms with Crippen LogP contribution in [0.15, 0.2) is 298 Å². The lowest BCUT2D eigenvalue weighted by Crippen LogP contribution is -2.22. The van der Waals surface area contributed by atoms with Gasteiger partial charge in [-0.1, -0.05) is 165 Å². The number of nitrogens with two attached hydrogens (primary N) is 1. The van der Waals surface area contributed by atoms with Crippen molar-refractivity contribution >= 4 is 114 Å². The number of carboxylic acids is 5. The Morgan fingerprint density at radius 2 is 0.639 bits per heavy atom. The number of nitro benzene ring substituents is 1. The molecule has 1 aliphatic carbocycles. The van der Waals surface area contributed by atoms with Gasteiger partial charge in [0.25, 0.3) is 33.5 Å². The molecule has 1 saturated carbocycles. The van der Waals surface area contributed by atoms with Crippen LogP contribution in [0.4, 0.5) is 28.4 Å². The van der Waals surface area contributed by atoms with Crippen LogP contribution in [0.1, 0.15) is 89.5 Å². The number of aromatic carboxylic acids is 5. The van der Waals surface area contributed by atoms with Crippen LogP contribution in [0.3, 0.4) is 0 Å². The van der Waals surface area contributed by atoms with E-state index in [1.807, 2.05) is 116 Å². The number of nitro groups is 1. The molecule has 22 rings (SSSR count). The highest BCUT2D eigenvalue weighted by Crippen LogP contribution is 2.40. The number of carbonyl (C=O) groups is 5. The Bertz CT molecular complexity index is 8950. The molecule has 21 aromatic rings. The molecular weight excluding hydrogens is 1880 g/mol. The number of imidazole rings is 5. The number of H-pyrrole nitrogens is 10. The maximum absolute atomic E-state index is 12.4. The number of anilines is 4. The van der Waals surface area contributed by atoms with Crippen LogP contribution in [0, 0.1) is 10.1 Å². The van der Waals surface area contributed by atoms with E-state index in [1.54, 1.807) is 97.1 Å². The zero-order chi connectivity index (χ0) is 103. The Kier molecular flexibility index (Phi) is 27.6. The number of benzene rings is 11. The van der Waals surface area contributed by atoms with Crippen molar-refractivity contribution in [3.8, 4) is 113 Å². The van der Waals surface area contributed by atoms with Crippen LogP contribution in [-0.4, -0.2) is 180 Å². The Hall–Kier alpha value is -20.9. The summed E-state index contributed by atoms with van der Waals surface area (Å²) < 4.78 is 0. The van der Waals surface area contributed by atoms with Crippen LogP contribution in [-0.2, 0) is 6.54 Å². The highest BCUT2D eigenvalue weighted by Gasteiger charge is 2.25. The molecule has 10 heterocycles. The second-order valence-electron chi connectivity index (χ2n) is 33.7. The van der Waals surface area contributed by atoms with Crippen LogP contribution < -0.4 is 49.1 Å². The van der Waals surface area contributed by atoms with E-state index < -0.39 is 40.3 Å². The maximum Gasteiger partial charge on any atom is 0.335 e. The van der Waals surface area contributed by atoms with Gasteiger partial charge in [0.1, 0.15) is 29.1 Å². The summed E-state index contributed by atoms with van der Waals surface area (Å²) >= 11 is 0. The smallest absolute Gasteiger partial charge is 0.335 e. The molecule has 0 amide bonds. The van der Waals surface area contributed by atoms with Crippen LogP contribution >= 0.6 is 0 Å². The number of carboxylic acid groups (broad SMARTS) is 5. The molecule has 0 aliphatic heterocycles. The normalized spacial score (nSPS) is 11.7. The lowest BCUT2D eigenvalue weighted by atomic mass is 9.94. The van der Waals surface area contributed by atoms with Crippen molar-refractivity contribution in [2.24, 2.45) is 0 Å². The van der Waals surface area contributed by atoms with Crippen molar-refractivity contribution in [3.63, 3.8) is 0 Å². The number of fused-ring (bicyclic) bond motifs is 5. The van der Waals surface area contributed by atoms with Gasteiger partial charge in [-0.2, -0.15) is 0 Å². The van der Waals surface area contributed by atoms with Gasteiger partial charge in [-0.3, -0.25) is 34.1 Å². The van der Waals surface area contributed by atoms with Crippen molar-refractivity contribution < 1.29 is 54.4 Å². The summed E-state index contributed by atoms with van der Waals surface area (Å²) in [6, 6.07) is 69.9. The first kappa shape index (κ1) is 96.4. The first-order valence-electron chi connectivity index (χ1n) is 45.3. The average Bonchev–Trinajstić information content (AvgIpc) is 1.78. The lowest BCUT2D eigenvalue weighted by Gasteiger charge is -2.25. The van der Waals surface area contributed by atoms with Gasteiger partial charge < -0.3 is 96.6 Å². The van der Waals surface area contributed by atoms with Gasteiger partial charge in [0, 0.05) is 106 Å². The fourth-order valence-electron chi connectivity index (χ4n) is 16.6. The molecule has 0 bridgehead atoms. The number of nitrogens with one attached hydrogen (secondary N) is 12. The molecule has 0 spiro atoms. The highest BCUT2D eigenvalue weighted by molar-refractivity contribution is 5.95. The van der Waals surface area contributed by atoms with Crippen molar-refractivity contribution in [1.29, 1.82) is 0 Å². The van der Waals surface area contributed by atoms with Gasteiger partial charge in [0.15, 0.2) is 55.8 Å². The molecule has 0 radical (unpaired) electrons. The third-order valence-corrected chi connectivity index (χ3v) is 24.1. The Morgan fingerprint density at radius 3 is 0.980 bits per heavy atom. The molecule has 42 nitrogen and oxygen atoms in total. The summed E-state index contributed by atoms with van der Waals surface area (Å²) in [7, 11) is 3.84. The Balaban J connectivity index is 0.000000121. The van der Waals surface area contributed by atoms with Crippen molar-refractivity contribution in [3.05, 3.63) is 370 Å². The molecule has 42 heteroatoms. The van der Waals surface area contributed by atoms with E-state index in [9.17, 15) is 68.3 Å². The van der Waals surface area contributed by atoms with Gasteiger partial charge >= 0.3 is 29.8 Å². The third-order valence-electron chi connectivity index (χ3n) is 24.1. The van der Waals surface area contributed by atoms with E-state index in [0.29, 0.717) is 108 Å². The number of hydrogen-bond donors (Lipinski definition) is 18. The van der Waals surface area contributed by atoms with Gasteiger partial charge in [0.2, 0.25) is 0 Å².